The van der Waals surface area contributed by atoms with Gasteiger partial charge in [-0.25, -0.2) is 4.98 Å². The van der Waals surface area contributed by atoms with Crippen molar-refractivity contribution in [1.82, 2.24) is 9.88 Å². The van der Waals surface area contributed by atoms with E-state index in [-0.39, 0.29) is 18.3 Å². The maximum Gasteiger partial charge on any atom is 0.261 e. The third-order valence-electron chi connectivity index (χ3n) is 4.58. The Balaban J connectivity index is 0.00000320. The van der Waals surface area contributed by atoms with E-state index in [9.17, 15) is 4.79 Å². The molecule has 0 aliphatic rings. The molecule has 1 aromatic heterocycles. The van der Waals surface area contributed by atoms with Gasteiger partial charge in [-0.05, 0) is 50.5 Å². The Kier molecular flexibility index (Phi) is 8.97. The average Bonchev–Trinajstić information content (AvgIpc) is 3.15. The van der Waals surface area contributed by atoms with Gasteiger partial charge in [0.05, 0.1) is 17.4 Å². The van der Waals surface area contributed by atoms with E-state index < -0.39 is 0 Å². The number of halogens is 1. The first kappa shape index (κ1) is 24.5. The van der Waals surface area contributed by atoms with Gasteiger partial charge in [-0.3, -0.25) is 9.69 Å². The van der Waals surface area contributed by atoms with Crippen molar-refractivity contribution >= 4 is 56.8 Å². The van der Waals surface area contributed by atoms with E-state index in [1.807, 2.05) is 50.5 Å². The van der Waals surface area contributed by atoms with E-state index in [1.54, 1.807) is 35.1 Å². The smallest absolute Gasteiger partial charge is 0.261 e. The number of carbonyl (C=O) groups is 1. The fourth-order valence-corrected chi connectivity index (χ4v) is 4.91. The summed E-state index contributed by atoms with van der Waals surface area (Å²) in [6, 6.07) is 11.8. The van der Waals surface area contributed by atoms with Gasteiger partial charge in [0, 0.05) is 18.0 Å². The number of likely N-dealkylation sites (N-methyl/N-ethyl adjacent to an activating group) is 1. The fraction of sp³-hybridized carbons (Fsp3) is 0.364. The highest BCUT2D eigenvalue weighted by molar-refractivity contribution is 7.99. The molecule has 0 saturated carbocycles. The molecule has 0 aliphatic carbocycles. The SMILES string of the molecule is CCSc1ccccc1C(=O)N(CCN(C)C)c1nc2c(OC)ccc(C)c2s1.Cl. The minimum atomic E-state index is -0.0147. The van der Waals surface area contributed by atoms with Crippen LogP contribution in [0.5, 0.6) is 5.75 Å². The lowest BCUT2D eigenvalue weighted by molar-refractivity contribution is 0.0982. The molecule has 0 N–H and O–H groups in total. The Labute approximate surface area is 192 Å². The molecule has 3 aromatic rings. The summed E-state index contributed by atoms with van der Waals surface area (Å²) in [6.07, 6.45) is 0. The molecule has 8 heteroatoms. The maximum atomic E-state index is 13.6. The number of ether oxygens (including phenoxy) is 1. The number of anilines is 1. The molecular weight excluding hydrogens is 438 g/mol. The van der Waals surface area contributed by atoms with Crippen molar-refractivity contribution in [2.45, 2.75) is 18.7 Å². The lowest BCUT2D eigenvalue weighted by Gasteiger charge is -2.23. The van der Waals surface area contributed by atoms with Crippen LogP contribution in [0.2, 0.25) is 0 Å². The number of amides is 1. The highest BCUT2D eigenvalue weighted by atomic mass is 35.5. The molecule has 3 rings (SSSR count). The number of fused-ring (bicyclic) bond motifs is 1. The van der Waals surface area contributed by atoms with E-state index in [0.717, 1.165) is 44.3 Å². The van der Waals surface area contributed by atoms with Crippen LogP contribution in [0.4, 0.5) is 5.13 Å². The van der Waals surface area contributed by atoms with Gasteiger partial charge in [-0.2, -0.15) is 0 Å². The van der Waals surface area contributed by atoms with Crippen LogP contribution >= 0.6 is 35.5 Å². The average molecular weight is 466 g/mol. The van der Waals surface area contributed by atoms with Crippen LogP contribution in [-0.2, 0) is 0 Å². The summed E-state index contributed by atoms with van der Waals surface area (Å²) in [5.41, 5.74) is 2.67. The standard InChI is InChI=1S/C22H27N3O2S2.ClH/c1-6-28-18-10-8-7-9-16(18)21(26)25(14-13-24(3)4)22-23-19-17(27-5)12-11-15(2)20(19)29-22;/h7-12H,6,13-14H2,1-5H3;1H. The number of carbonyl (C=O) groups excluding carboxylic acids is 1. The van der Waals surface area contributed by atoms with Gasteiger partial charge in [0.1, 0.15) is 11.3 Å². The van der Waals surface area contributed by atoms with Gasteiger partial charge in [0.15, 0.2) is 5.13 Å². The first-order valence-corrected chi connectivity index (χ1v) is 11.4. The van der Waals surface area contributed by atoms with Crippen LogP contribution in [0.25, 0.3) is 10.2 Å². The molecule has 0 saturated heterocycles. The Morgan fingerprint density at radius 2 is 1.90 bits per heavy atom. The molecule has 5 nitrogen and oxygen atoms in total. The Bertz CT molecular complexity index is 1010. The summed E-state index contributed by atoms with van der Waals surface area (Å²) in [7, 11) is 5.67. The summed E-state index contributed by atoms with van der Waals surface area (Å²) in [4.78, 5) is 23.3. The van der Waals surface area contributed by atoms with Crippen LogP contribution in [0.3, 0.4) is 0 Å². The first-order valence-electron chi connectivity index (χ1n) is 9.58. The lowest BCUT2D eigenvalue weighted by Crippen LogP contribution is -2.37. The van der Waals surface area contributed by atoms with E-state index in [0.29, 0.717) is 11.7 Å². The maximum absolute atomic E-state index is 13.6. The number of hydrogen-bond donors (Lipinski definition) is 0. The summed E-state index contributed by atoms with van der Waals surface area (Å²) in [5.74, 6) is 1.63. The van der Waals surface area contributed by atoms with E-state index in [4.69, 9.17) is 9.72 Å². The van der Waals surface area contributed by atoms with Crippen molar-refractivity contribution in [3.63, 3.8) is 0 Å². The van der Waals surface area contributed by atoms with Crippen LogP contribution < -0.4 is 9.64 Å². The highest BCUT2D eigenvalue weighted by Gasteiger charge is 2.24. The van der Waals surface area contributed by atoms with Gasteiger partial charge in [-0.1, -0.05) is 36.5 Å². The topological polar surface area (TPSA) is 45.7 Å². The van der Waals surface area contributed by atoms with Crippen molar-refractivity contribution in [2.75, 3.05) is 44.9 Å². The van der Waals surface area contributed by atoms with Gasteiger partial charge in [-0.15, -0.1) is 24.2 Å². The molecule has 2 aromatic carbocycles. The number of methoxy groups -OCH3 is 1. The minimum absolute atomic E-state index is 0. The van der Waals surface area contributed by atoms with Crippen molar-refractivity contribution in [3.8, 4) is 5.75 Å². The summed E-state index contributed by atoms with van der Waals surface area (Å²) >= 11 is 3.23. The molecule has 0 unspecified atom stereocenters. The Hall–Kier alpha value is -1.80. The lowest BCUT2D eigenvalue weighted by atomic mass is 10.2. The van der Waals surface area contributed by atoms with E-state index >= 15 is 0 Å². The number of benzene rings is 2. The third kappa shape index (κ3) is 5.27. The number of thiazole rings is 1. The molecular formula is C22H28ClN3O2S2. The van der Waals surface area contributed by atoms with Crippen LogP contribution in [0.15, 0.2) is 41.3 Å². The molecule has 1 amide bonds. The molecule has 0 atom stereocenters. The highest BCUT2D eigenvalue weighted by Crippen LogP contribution is 2.37. The molecule has 0 bridgehead atoms. The van der Waals surface area contributed by atoms with Crippen LogP contribution in [0.1, 0.15) is 22.8 Å². The molecule has 1 heterocycles. The second-order valence-electron chi connectivity index (χ2n) is 6.95. The number of thioether (sulfide) groups is 1. The van der Waals surface area contributed by atoms with E-state index in [2.05, 4.69) is 18.7 Å². The number of rotatable bonds is 8. The second kappa shape index (κ2) is 11.0. The number of aryl methyl sites for hydroxylation is 1. The minimum Gasteiger partial charge on any atom is -0.494 e. The molecule has 0 fully saturated rings. The number of hydrogen-bond acceptors (Lipinski definition) is 6. The molecule has 0 radical (unpaired) electrons. The monoisotopic (exact) mass is 465 g/mol. The molecule has 162 valence electrons. The van der Waals surface area contributed by atoms with Gasteiger partial charge in [0.25, 0.3) is 5.91 Å². The van der Waals surface area contributed by atoms with Gasteiger partial charge >= 0.3 is 0 Å². The quantitative estimate of drug-likeness (QED) is 0.419. The van der Waals surface area contributed by atoms with Crippen molar-refractivity contribution in [3.05, 3.63) is 47.5 Å². The van der Waals surface area contributed by atoms with Gasteiger partial charge in [0.2, 0.25) is 0 Å². The Morgan fingerprint density at radius 3 is 2.57 bits per heavy atom. The zero-order valence-corrected chi connectivity index (χ0v) is 20.4. The zero-order valence-electron chi connectivity index (χ0n) is 18.0. The first-order chi connectivity index (χ1) is 14.0. The largest absolute Gasteiger partial charge is 0.494 e. The molecule has 0 aliphatic heterocycles. The Morgan fingerprint density at radius 1 is 1.17 bits per heavy atom. The number of aromatic nitrogens is 1. The van der Waals surface area contributed by atoms with Crippen LogP contribution in [-0.4, -0.2) is 55.8 Å². The zero-order chi connectivity index (χ0) is 21.0. The van der Waals surface area contributed by atoms with Gasteiger partial charge < -0.3 is 9.64 Å². The summed E-state index contributed by atoms with van der Waals surface area (Å²) < 4.78 is 6.55. The normalized spacial score (nSPS) is 10.9. The predicted octanol–water partition coefficient (Wildman–Crippen LogP) is 5.36. The fourth-order valence-electron chi connectivity index (χ4n) is 3.03. The second-order valence-corrected chi connectivity index (χ2v) is 9.23. The van der Waals surface area contributed by atoms with Crippen LogP contribution in [0, 0.1) is 6.92 Å². The van der Waals surface area contributed by atoms with Crippen molar-refractivity contribution in [2.24, 2.45) is 0 Å². The summed E-state index contributed by atoms with van der Waals surface area (Å²) in [6.45, 7) is 5.47. The molecule has 0 spiro atoms. The van der Waals surface area contributed by atoms with Crippen molar-refractivity contribution in [1.29, 1.82) is 0 Å². The summed E-state index contributed by atoms with van der Waals surface area (Å²) in [5, 5.41) is 0.704. The molecule has 30 heavy (non-hydrogen) atoms. The third-order valence-corrected chi connectivity index (χ3v) is 6.75. The predicted molar refractivity (Wildman–Crippen MR) is 131 cm³/mol. The van der Waals surface area contributed by atoms with Crippen molar-refractivity contribution < 1.29 is 9.53 Å². The van der Waals surface area contributed by atoms with E-state index in [1.165, 1.54) is 0 Å². The number of nitrogens with zero attached hydrogens (tertiary/aromatic N) is 3.